The van der Waals surface area contributed by atoms with E-state index in [1.807, 2.05) is 24.3 Å². The summed E-state index contributed by atoms with van der Waals surface area (Å²) in [4.78, 5) is 17.6. The smallest absolute Gasteiger partial charge is 0.243 e. The van der Waals surface area contributed by atoms with Crippen LogP contribution in [0.3, 0.4) is 0 Å². The number of nitrogens with zero attached hydrogens (tertiary/aromatic N) is 2. The van der Waals surface area contributed by atoms with Gasteiger partial charge in [0.2, 0.25) is 5.91 Å². The number of hydrogen-bond acceptors (Lipinski definition) is 3. The number of rotatable bonds is 5. The number of ether oxygens (including phenoxy) is 1. The van der Waals surface area contributed by atoms with Gasteiger partial charge in [-0.1, -0.05) is 24.3 Å². The van der Waals surface area contributed by atoms with E-state index in [2.05, 4.69) is 22.2 Å². The predicted octanol–water partition coefficient (Wildman–Crippen LogP) is 1.94. The van der Waals surface area contributed by atoms with E-state index in [9.17, 15) is 4.79 Å². The van der Waals surface area contributed by atoms with E-state index in [-0.39, 0.29) is 42.5 Å². The van der Waals surface area contributed by atoms with Crippen LogP contribution >= 0.6 is 24.0 Å². The maximum atomic E-state index is 11.7. The van der Waals surface area contributed by atoms with Crippen molar-refractivity contribution >= 4 is 35.8 Å². The number of fused-ring (bicyclic) bond motifs is 1. The molecule has 6 nitrogen and oxygen atoms in total. The molecule has 1 aromatic carbocycles. The van der Waals surface area contributed by atoms with Gasteiger partial charge in [-0.05, 0) is 6.07 Å². The average Bonchev–Trinajstić information content (AvgIpc) is 2.57. The van der Waals surface area contributed by atoms with Crippen LogP contribution in [0.4, 0.5) is 0 Å². The van der Waals surface area contributed by atoms with Crippen LogP contribution in [-0.2, 0) is 4.79 Å². The number of carbonyl (C=O) groups excluding carboxylic acids is 1. The number of benzene rings is 1. The van der Waals surface area contributed by atoms with Crippen LogP contribution in [0.1, 0.15) is 18.0 Å². The molecule has 0 saturated heterocycles. The van der Waals surface area contributed by atoms with Crippen LogP contribution in [0.2, 0.25) is 0 Å². The molecule has 1 amide bonds. The minimum Gasteiger partial charge on any atom is -0.493 e. The summed E-state index contributed by atoms with van der Waals surface area (Å²) in [6.45, 7) is 5.03. The van der Waals surface area contributed by atoms with E-state index in [1.54, 1.807) is 20.2 Å². The van der Waals surface area contributed by atoms with Crippen LogP contribution < -0.4 is 15.4 Å². The fourth-order valence-electron chi connectivity index (χ4n) is 2.27. The van der Waals surface area contributed by atoms with Crippen molar-refractivity contribution in [3.05, 3.63) is 42.5 Å². The first kappa shape index (κ1) is 20.3. The van der Waals surface area contributed by atoms with Crippen molar-refractivity contribution in [2.45, 2.75) is 12.5 Å². The maximum absolute atomic E-state index is 11.7. The molecule has 1 unspecified atom stereocenters. The summed E-state index contributed by atoms with van der Waals surface area (Å²) in [7, 11) is 3.44. The van der Waals surface area contributed by atoms with Gasteiger partial charge < -0.3 is 20.3 Å². The number of para-hydroxylation sites is 1. The molecule has 0 bridgehead atoms. The van der Waals surface area contributed by atoms with E-state index < -0.39 is 0 Å². The van der Waals surface area contributed by atoms with Crippen molar-refractivity contribution in [2.24, 2.45) is 4.99 Å². The number of guanidine groups is 1. The molecule has 24 heavy (non-hydrogen) atoms. The number of halogens is 1. The van der Waals surface area contributed by atoms with Crippen molar-refractivity contribution in [1.82, 2.24) is 15.5 Å². The third-order valence-corrected chi connectivity index (χ3v) is 3.55. The second-order valence-corrected chi connectivity index (χ2v) is 5.49. The minimum atomic E-state index is -0.0444. The Balaban J connectivity index is 0.00000288. The van der Waals surface area contributed by atoms with Gasteiger partial charge in [-0.3, -0.25) is 4.79 Å². The summed E-state index contributed by atoms with van der Waals surface area (Å²) in [5.74, 6) is 1.45. The van der Waals surface area contributed by atoms with Crippen molar-refractivity contribution in [2.75, 3.05) is 33.8 Å². The lowest BCUT2D eigenvalue weighted by Gasteiger charge is -2.28. The van der Waals surface area contributed by atoms with Crippen molar-refractivity contribution in [1.29, 1.82) is 0 Å². The maximum Gasteiger partial charge on any atom is 0.243 e. The third kappa shape index (κ3) is 5.70. The number of carbonyl (C=O) groups is 1. The Morgan fingerprint density at radius 3 is 2.92 bits per heavy atom. The number of aliphatic imine (C=N–C) groups is 1. The predicted molar refractivity (Wildman–Crippen MR) is 107 cm³/mol. The number of nitrogens with one attached hydrogen (secondary N) is 2. The molecule has 0 spiro atoms. The fourth-order valence-corrected chi connectivity index (χ4v) is 2.27. The van der Waals surface area contributed by atoms with Gasteiger partial charge in [0, 0.05) is 32.6 Å². The highest BCUT2D eigenvalue weighted by atomic mass is 127. The molecule has 7 heteroatoms. The monoisotopic (exact) mass is 444 g/mol. The molecule has 0 fully saturated rings. The van der Waals surface area contributed by atoms with E-state index >= 15 is 0 Å². The first-order chi connectivity index (χ1) is 11.1. The third-order valence-electron chi connectivity index (χ3n) is 3.55. The van der Waals surface area contributed by atoms with Gasteiger partial charge in [0.1, 0.15) is 12.3 Å². The number of hydrogen-bond donors (Lipinski definition) is 2. The van der Waals surface area contributed by atoms with Gasteiger partial charge in [-0.15, -0.1) is 30.6 Å². The standard InChI is InChI=1S/C17H24N4O2.HI/c1-4-10-18-17(19-12-16(22)21(2)3)20-14-9-11-23-15-8-6-5-7-13(14)15;/h4-8,14H,1,9-12H2,2-3H3,(H2,18,19,20);1H. The van der Waals surface area contributed by atoms with Crippen LogP contribution in [0.25, 0.3) is 0 Å². The quantitative estimate of drug-likeness (QED) is 0.316. The van der Waals surface area contributed by atoms with Gasteiger partial charge >= 0.3 is 0 Å². The number of amides is 1. The molecular weight excluding hydrogens is 419 g/mol. The van der Waals surface area contributed by atoms with Crippen molar-refractivity contribution < 1.29 is 9.53 Å². The molecule has 1 atom stereocenters. The van der Waals surface area contributed by atoms with E-state index in [0.29, 0.717) is 19.1 Å². The van der Waals surface area contributed by atoms with Gasteiger partial charge in [-0.25, -0.2) is 4.99 Å². The molecule has 1 aromatic rings. The fraction of sp³-hybridized carbons (Fsp3) is 0.412. The van der Waals surface area contributed by atoms with Gasteiger partial charge in [0.05, 0.1) is 12.6 Å². The molecule has 0 saturated carbocycles. The van der Waals surface area contributed by atoms with Crippen molar-refractivity contribution in [3.8, 4) is 5.75 Å². The van der Waals surface area contributed by atoms with Gasteiger partial charge in [-0.2, -0.15) is 0 Å². The average molecular weight is 444 g/mol. The Labute approximate surface area is 160 Å². The summed E-state index contributed by atoms with van der Waals surface area (Å²) >= 11 is 0. The normalized spacial score (nSPS) is 16.1. The molecule has 2 N–H and O–H groups in total. The molecule has 132 valence electrons. The second kappa shape index (κ2) is 10.2. The van der Waals surface area contributed by atoms with Crippen LogP contribution in [-0.4, -0.2) is 50.6 Å². The Kier molecular flexibility index (Phi) is 8.59. The zero-order valence-corrected chi connectivity index (χ0v) is 16.4. The van der Waals surface area contributed by atoms with E-state index in [4.69, 9.17) is 4.74 Å². The highest BCUT2D eigenvalue weighted by Crippen LogP contribution is 2.31. The topological polar surface area (TPSA) is 66.0 Å². The largest absolute Gasteiger partial charge is 0.493 e. The lowest BCUT2D eigenvalue weighted by molar-refractivity contribution is -0.127. The summed E-state index contributed by atoms with van der Waals surface area (Å²) in [5.41, 5.74) is 1.10. The highest BCUT2D eigenvalue weighted by molar-refractivity contribution is 14.0. The molecular formula is C17H25IN4O2. The molecule has 0 aliphatic carbocycles. The Morgan fingerprint density at radius 1 is 1.46 bits per heavy atom. The van der Waals surface area contributed by atoms with Crippen LogP contribution in [0, 0.1) is 0 Å². The molecule has 0 radical (unpaired) electrons. The first-order valence-electron chi connectivity index (χ1n) is 7.69. The van der Waals surface area contributed by atoms with Gasteiger partial charge in [0.25, 0.3) is 0 Å². The summed E-state index contributed by atoms with van der Waals surface area (Å²) in [6.07, 6.45) is 2.59. The molecule has 0 aromatic heterocycles. The first-order valence-corrected chi connectivity index (χ1v) is 7.69. The summed E-state index contributed by atoms with van der Waals surface area (Å²) < 4.78 is 5.67. The SMILES string of the molecule is C=CCNC(=NCC(=O)N(C)C)NC1CCOc2ccccc21.I. The molecule has 1 heterocycles. The Morgan fingerprint density at radius 2 is 2.21 bits per heavy atom. The van der Waals surface area contributed by atoms with E-state index in [0.717, 1.165) is 17.7 Å². The second-order valence-electron chi connectivity index (χ2n) is 5.49. The number of likely N-dealkylation sites (N-methyl/N-ethyl adjacent to an activating group) is 1. The summed E-state index contributed by atoms with van der Waals surface area (Å²) in [6, 6.07) is 8.06. The van der Waals surface area contributed by atoms with E-state index in [1.165, 1.54) is 4.90 Å². The summed E-state index contributed by atoms with van der Waals surface area (Å²) in [5, 5.41) is 6.53. The zero-order chi connectivity index (χ0) is 16.7. The van der Waals surface area contributed by atoms with Crippen LogP contribution in [0.15, 0.2) is 41.9 Å². The lowest BCUT2D eigenvalue weighted by Crippen LogP contribution is -2.42. The molecule has 2 rings (SSSR count). The van der Waals surface area contributed by atoms with Crippen molar-refractivity contribution in [3.63, 3.8) is 0 Å². The lowest BCUT2D eigenvalue weighted by atomic mass is 10.0. The zero-order valence-electron chi connectivity index (χ0n) is 14.1. The highest BCUT2D eigenvalue weighted by Gasteiger charge is 2.21. The van der Waals surface area contributed by atoms with Crippen LogP contribution in [0.5, 0.6) is 5.75 Å². The Hall–Kier alpha value is -1.77. The molecule has 1 aliphatic heterocycles. The minimum absolute atomic E-state index is 0. The molecule has 1 aliphatic rings. The Bertz CT molecular complexity index is 590. The van der Waals surface area contributed by atoms with Gasteiger partial charge in [0.15, 0.2) is 5.96 Å².